The van der Waals surface area contributed by atoms with Gasteiger partial charge in [-0.25, -0.2) is 9.59 Å². The third kappa shape index (κ3) is 3.65. The average molecular weight is 314 g/mol. The predicted molar refractivity (Wildman–Crippen MR) is 84.3 cm³/mol. The molecule has 21 heavy (non-hydrogen) atoms. The Balaban J connectivity index is 1.98. The molecule has 0 aromatic rings. The Bertz CT molecular complexity index is 410. The summed E-state index contributed by atoms with van der Waals surface area (Å²) >= 11 is 1.57. The minimum absolute atomic E-state index is 0.0487. The van der Waals surface area contributed by atoms with Crippen molar-refractivity contribution in [3.8, 4) is 0 Å². The van der Waals surface area contributed by atoms with Crippen molar-refractivity contribution in [1.82, 2.24) is 10.2 Å². The molecule has 0 aromatic heterocycles. The number of urea groups is 1. The molecule has 0 radical (unpaired) electrons. The number of carbonyl (C=O) groups excluding carboxylic acids is 1. The molecular weight excluding hydrogens is 288 g/mol. The summed E-state index contributed by atoms with van der Waals surface area (Å²) in [4.78, 5) is 25.4. The lowest BCUT2D eigenvalue weighted by atomic mass is 10.0. The molecule has 2 amide bonds. The highest BCUT2D eigenvalue weighted by Gasteiger charge is 2.45. The molecule has 1 aliphatic heterocycles. The molecule has 0 aromatic carbocycles. The summed E-state index contributed by atoms with van der Waals surface area (Å²) in [6, 6.07) is -0.919. The zero-order chi connectivity index (χ0) is 15.6. The molecule has 2 fully saturated rings. The number of thioether (sulfide) groups is 1. The van der Waals surface area contributed by atoms with Crippen LogP contribution in [-0.2, 0) is 4.79 Å². The number of carboxylic acids is 1. The topological polar surface area (TPSA) is 69.6 Å². The van der Waals surface area contributed by atoms with Gasteiger partial charge in [0.15, 0.2) is 0 Å². The SMILES string of the molecule is CCCC1(CNC(=O)N2C(C(=O)O)CSC2C(C)C)CC1. The van der Waals surface area contributed by atoms with Crippen LogP contribution >= 0.6 is 11.8 Å². The molecule has 5 nitrogen and oxygen atoms in total. The maximum atomic E-state index is 12.5. The fraction of sp³-hybridized carbons (Fsp3) is 0.867. The summed E-state index contributed by atoms with van der Waals surface area (Å²) in [6.07, 6.45) is 4.61. The lowest BCUT2D eigenvalue weighted by Crippen LogP contribution is -2.52. The standard InChI is InChI=1S/C15H26N2O3S/c1-4-5-15(6-7-15)9-16-14(20)17-11(13(18)19)8-21-12(17)10(2)3/h10-12H,4-9H2,1-3H3,(H,16,20)(H,18,19). The molecule has 2 atom stereocenters. The van der Waals surface area contributed by atoms with Crippen LogP contribution in [0.15, 0.2) is 0 Å². The molecule has 2 unspecified atom stereocenters. The van der Waals surface area contributed by atoms with E-state index in [1.807, 2.05) is 13.8 Å². The van der Waals surface area contributed by atoms with Crippen molar-refractivity contribution in [3.05, 3.63) is 0 Å². The van der Waals surface area contributed by atoms with Crippen molar-refractivity contribution in [1.29, 1.82) is 0 Å². The number of hydrogen-bond acceptors (Lipinski definition) is 3. The second kappa shape index (κ2) is 6.46. The van der Waals surface area contributed by atoms with Crippen LogP contribution in [0.3, 0.4) is 0 Å². The van der Waals surface area contributed by atoms with Crippen LogP contribution in [0.5, 0.6) is 0 Å². The first-order valence-corrected chi connectivity index (χ1v) is 8.85. The van der Waals surface area contributed by atoms with Gasteiger partial charge in [-0.3, -0.25) is 4.90 Å². The Kier molecular flexibility index (Phi) is 5.07. The molecule has 6 heteroatoms. The predicted octanol–water partition coefficient (Wildman–Crippen LogP) is 2.76. The molecule has 2 rings (SSSR count). The molecular formula is C15H26N2O3S. The molecule has 1 heterocycles. The van der Waals surface area contributed by atoms with Crippen LogP contribution in [-0.4, -0.2) is 45.7 Å². The van der Waals surface area contributed by atoms with Crippen LogP contribution in [0, 0.1) is 11.3 Å². The summed E-state index contributed by atoms with van der Waals surface area (Å²) in [5, 5.41) is 12.3. The molecule has 2 aliphatic rings. The largest absolute Gasteiger partial charge is 0.480 e. The second-order valence-electron chi connectivity index (χ2n) is 6.64. The highest BCUT2D eigenvalue weighted by molar-refractivity contribution is 8.00. The Hall–Kier alpha value is -0.910. The smallest absolute Gasteiger partial charge is 0.327 e. The molecule has 120 valence electrons. The minimum atomic E-state index is -0.907. The van der Waals surface area contributed by atoms with Crippen molar-refractivity contribution in [3.63, 3.8) is 0 Å². The lowest BCUT2D eigenvalue weighted by molar-refractivity contribution is -0.141. The van der Waals surface area contributed by atoms with E-state index in [1.165, 1.54) is 12.8 Å². The summed E-state index contributed by atoms with van der Waals surface area (Å²) in [5.74, 6) is -0.183. The monoisotopic (exact) mass is 314 g/mol. The van der Waals surface area contributed by atoms with E-state index in [0.29, 0.717) is 12.3 Å². The Labute approximate surface area is 130 Å². The number of amides is 2. The third-order valence-corrected chi connectivity index (χ3v) is 6.10. The Morgan fingerprint density at radius 2 is 2.10 bits per heavy atom. The normalized spacial score (nSPS) is 27.0. The minimum Gasteiger partial charge on any atom is -0.480 e. The summed E-state index contributed by atoms with van der Waals surface area (Å²) in [6.45, 7) is 6.90. The van der Waals surface area contributed by atoms with Crippen molar-refractivity contribution in [2.75, 3.05) is 12.3 Å². The van der Waals surface area contributed by atoms with E-state index in [1.54, 1.807) is 16.7 Å². The number of aliphatic carboxylic acids is 1. The van der Waals surface area contributed by atoms with Crippen LogP contribution in [0.2, 0.25) is 0 Å². The quantitative estimate of drug-likeness (QED) is 0.791. The van der Waals surface area contributed by atoms with Crippen LogP contribution in [0.4, 0.5) is 4.79 Å². The van der Waals surface area contributed by atoms with Gasteiger partial charge in [-0.05, 0) is 30.6 Å². The Morgan fingerprint density at radius 3 is 2.57 bits per heavy atom. The summed E-state index contributed by atoms with van der Waals surface area (Å²) in [5.41, 5.74) is 0.281. The van der Waals surface area contributed by atoms with Gasteiger partial charge in [-0.2, -0.15) is 0 Å². The first kappa shape index (κ1) is 16.5. The fourth-order valence-electron chi connectivity index (χ4n) is 3.07. The van der Waals surface area contributed by atoms with Crippen LogP contribution in [0.1, 0.15) is 46.5 Å². The van der Waals surface area contributed by atoms with E-state index in [9.17, 15) is 14.7 Å². The lowest BCUT2D eigenvalue weighted by Gasteiger charge is -2.30. The number of nitrogens with zero attached hydrogens (tertiary/aromatic N) is 1. The summed E-state index contributed by atoms with van der Waals surface area (Å²) < 4.78 is 0. The number of hydrogen-bond donors (Lipinski definition) is 2. The zero-order valence-electron chi connectivity index (χ0n) is 13.1. The zero-order valence-corrected chi connectivity index (χ0v) is 13.9. The average Bonchev–Trinajstić information content (AvgIpc) is 3.03. The third-order valence-electron chi connectivity index (χ3n) is 4.48. The second-order valence-corrected chi connectivity index (χ2v) is 7.79. The molecule has 0 spiro atoms. The van der Waals surface area contributed by atoms with Gasteiger partial charge in [0.05, 0.1) is 5.37 Å². The van der Waals surface area contributed by atoms with E-state index in [2.05, 4.69) is 12.2 Å². The fourth-order valence-corrected chi connectivity index (χ4v) is 4.54. The van der Waals surface area contributed by atoms with Gasteiger partial charge >= 0.3 is 12.0 Å². The van der Waals surface area contributed by atoms with E-state index < -0.39 is 12.0 Å². The van der Waals surface area contributed by atoms with Crippen molar-refractivity contribution in [2.45, 2.75) is 57.9 Å². The number of carbonyl (C=O) groups is 2. The van der Waals surface area contributed by atoms with E-state index in [-0.39, 0.29) is 22.7 Å². The highest BCUT2D eigenvalue weighted by atomic mass is 32.2. The van der Waals surface area contributed by atoms with E-state index in [0.717, 1.165) is 12.8 Å². The highest BCUT2D eigenvalue weighted by Crippen LogP contribution is 2.49. The molecule has 1 aliphatic carbocycles. The van der Waals surface area contributed by atoms with Crippen LogP contribution < -0.4 is 5.32 Å². The van der Waals surface area contributed by atoms with Gasteiger partial charge in [-0.15, -0.1) is 11.8 Å². The van der Waals surface area contributed by atoms with Gasteiger partial charge in [0.1, 0.15) is 6.04 Å². The van der Waals surface area contributed by atoms with E-state index in [4.69, 9.17) is 0 Å². The number of nitrogens with one attached hydrogen (secondary N) is 1. The van der Waals surface area contributed by atoms with Crippen molar-refractivity contribution in [2.24, 2.45) is 11.3 Å². The van der Waals surface area contributed by atoms with Crippen LogP contribution in [0.25, 0.3) is 0 Å². The molecule has 1 saturated heterocycles. The van der Waals surface area contributed by atoms with Crippen molar-refractivity contribution >= 4 is 23.8 Å². The first-order chi connectivity index (χ1) is 9.90. The van der Waals surface area contributed by atoms with Gasteiger partial charge in [-0.1, -0.05) is 27.2 Å². The summed E-state index contributed by atoms with van der Waals surface area (Å²) in [7, 11) is 0. The van der Waals surface area contributed by atoms with Gasteiger partial charge < -0.3 is 10.4 Å². The van der Waals surface area contributed by atoms with E-state index >= 15 is 0 Å². The molecule has 1 saturated carbocycles. The molecule has 0 bridgehead atoms. The molecule has 2 N–H and O–H groups in total. The van der Waals surface area contributed by atoms with Gasteiger partial charge in [0, 0.05) is 12.3 Å². The van der Waals surface area contributed by atoms with Crippen molar-refractivity contribution < 1.29 is 14.7 Å². The Morgan fingerprint density at radius 1 is 1.43 bits per heavy atom. The maximum absolute atomic E-state index is 12.5. The number of rotatable bonds is 6. The first-order valence-electron chi connectivity index (χ1n) is 7.81. The number of carboxylic acid groups (broad SMARTS) is 1. The van der Waals surface area contributed by atoms with Gasteiger partial charge in [0.25, 0.3) is 0 Å². The van der Waals surface area contributed by atoms with Gasteiger partial charge in [0.2, 0.25) is 0 Å². The maximum Gasteiger partial charge on any atom is 0.327 e.